The second-order valence-electron chi connectivity index (χ2n) is 6.30. The molecule has 0 aliphatic carbocycles. The number of benzene rings is 2. The molecule has 3 N–H and O–H groups in total. The minimum absolute atomic E-state index is 0.347. The van der Waals surface area contributed by atoms with E-state index in [1.54, 1.807) is 63.6 Å². The van der Waals surface area contributed by atoms with E-state index >= 15 is 0 Å². The number of rotatable bonds is 5. The molecule has 8 heteroatoms. The lowest BCUT2D eigenvalue weighted by molar-refractivity contribution is 0.0937. The molecule has 3 amide bonds. The Hall–Kier alpha value is -4.07. The number of hydrogen-bond acceptors (Lipinski definition) is 5. The highest BCUT2D eigenvalue weighted by Gasteiger charge is 2.14. The molecule has 2 aromatic carbocycles. The van der Waals surface area contributed by atoms with Gasteiger partial charge in [-0.05, 0) is 49.4 Å². The fraction of sp³-hybridized carbons (Fsp3) is 0.136. The molecule has 0 saturated heterocycles. The highest BCUT2D eigenvalue weighted by Crippen LogP contribution is 2.31. The molecule has 0 saturated carbocycles. The van der Waals surface area contributed by atoms with Crippen LogP contribution in [0.4, 0.5) is 10.5 Å². The van der Waals surface area contributed by atoms with Crippen molar-refractivity contribution >= 4 is 17.6 Å². The molecule has 3 rings (SSSR count). The zero-order valence-electron chi connectivity index (χ0n) is 16.9. The molecule has 0 atom stereocenters. The summed E-state index contributed by atoms with van der Waals surface area (Å²) >= 11 is 0. The quantitative estimate of drug-likeness (QED) is 0.563. The number of aryl methyl sites for hydroxylation is 1. The van der Waals surface area contributed by atoms with E-state index in [2.05, 4.69) is 21.2 Å². The van der Waals surface area contributed by atoms with E-state index in [4.69, 9.17) is 9.47 Å². The molecule has 0 bridgehead atoms. The molecule has 0 aliphatic rings. The van der Waals surface area contributed by atoms with Gasteiger partial charge in [-0.15, -0.1) is 0 Å². The first kappa shape index (κ1) is 20.7. The monoisotopic (exact) mass is 406 g/mol. The molecule has 1 aromatic heterocycles. The number of hydrogen-bond donors (Lipinski definition) is 3. The Morgan fingerprint density at radius 3 is 2.27 bits per heavy atom. The van der Waals surface area contributed by atoms with Crippen LogP contribution in [0.1, 0.15) is 16.1 Å². The molecular formula is C22H22N4O4. The third-order valence-corrected chi connectivity index (χ3v) is 4.33. The van der Waals surface area contributed by atoms with Crippen molar-refractivity contribution in [1.29, 1.82) is 0 Å². The van der Waals surface area contributed by atoms with Crippen molar-refractivity contribution < 1.29 is 19.1 Å². The van der Waals surface area contributed by atoms with Gasteiger partial charge in [-0.25, -0.2) is 10.2 Å². The maximum Gasteiger partial charge on any atom is 0.337 e. The lowest BCUT2D eigenvalue weighted by atomic mass is 10.1. The van der Waals surface area contributed by atoms with Crippen LogP contribution in [0.5, 0.6) is 11.5 Å². The van der Waals surface area contributed by atoms with Crippen molar-refractivity contribution in [3.05, 3.63) is 71.9 Å². The minimum Gasteiger partial charge on any atom is -0.493 e. The maximum atomic E-state index is 12.4. The minimum atomic E-state index is -0.554. The molecule has 30 heavy (non-hydrogen) atoms. The van der Waals surface area contributed by atoms with Crippen LogP contribution >= 0.6 is 0 Å². The Bertz CT molecular complexity index is 1050. The molecule has 154 valence electrons. The van der Waals surface area contributed by atoms with Crippen molar-refractivity contribution in [1.82, 2.24) is 15.8 Å². The number of nitrogens with zero attached hydrogens (tertiary/aromatic N) is 1. The lowest BCUT2D eigenvalue weighted by Gasteiger charge is -2.12. The summed E-state index contributed by atoms with van der Waals surface area (Å²) in [4.78, 5) is 28.8. The predicted molar refractivity (Wildman–Crippen MR) is 114 cm³/mol. The van der Waals surface area contributed by atoms with Gasteiger partial charge in [-0.1, -0.05) is 18.2 Å². The molecule has 1 heterocycles. The van der Waals surface area contributed by atoms with Gasteiger partial charge in [0.15, 0.2) is 11.5 Å². The zero-order valence-corrected chi connectivity index (χ0v) is 16.9. The van der Waals surface area contributed by atoms with Crippen LogP contribution in [0.2, 0.25) is 0 Å². The molecular weight excluding hydrogens is 384 g/mol. The third kappa shape index (κ3) is 4.85. The SMILES string of the molecule is COc1ccc(-c2ccc(C(=O)NNC(=O)Nc3ccccc3)c(C)n2)cc1OC. The Morgan fingerprint density at radius 2 is 1.60 bits per heavy atom. The van der Waals surface area contributed by atoms with E-state index in [0.717, 1.165) is 5.56 Å². The van der Waals surface area contributed by atoms with Gasteiger partial charge in [0, 0.05) is 11.3 Å². The van der Waals surface area contributed by atoms with E-state index in [-0.39, 0.29) is 0 Å². The zero-order chi connectivity index (χ0) is 21.5. The Balaban J connectivity index is 1.67. The summed E-state index contributed by atoms with van der Waals surface area (Å²) in [5.41, 5.74) is 7.68. The summed E-state index contributed by atoms with van der Waals surface area (Å²) in [6.45, 7) is 1.73. The average Bonchev–Trinajstić information content (AvgIpc) is 2.77. The summed E-state index contributed by atoms with van der Waals surface area (Å²) in [7, 11) is 3.14. The fourth-order valence-corrected chi connectivity index (χ4v) is 2.82. The Labute approximate surface area is 174 Å². The van der Waals surface area contributed by atoms with Crippen LogP contribution < -0.4 is 25.6 Å². The number of carbonyl (C=O) groups excluding carboxylic acids is 2. The normalized spacial score (nSPS) is 10.1. The van der Waals surface area contributed by atoms with E-state index in [1.165, 1.54) is 0 Å². The van der Waals surface area contributed by atoms with E-state index in [1.807, 2.05) is 18.2 Å². The highest BCUT2D eigenvalue weighted by molar-refractivity contribution is 5.98. The number of anilines is 1. The van der Waals surface area contributed by atoms with Gasteiger partial charge < -0.3 is 14.8 Å². The van der Waals surface area contributed by atoms with Gasteiger partial charge in [0.2, 0.25) is 0 Å². The van der Waals surface area contributed by atoms with E-state index in [0.29, 0.717) is 34.1 Å². The average molecular weight is 406 g/mol. The number of ether oxygens (including phenoxy) is 2. The van der Waals surface area contributed by atoms with Crippen molar-refractivity contribution in [2.75, 3.05) is 19.5 Å². The van der Waals surface area contributed by atoms with Gasteiger partial charge in [0.25, 0.3) is 5.91 Å². The fourth-order valence-electron chi connectivity index (χ4n) is 2.82. The summed E-state index contributed by atoms with van der Waals surface area (Å²) in [5.74, 6) is 0.737. The van der Waals surface area contributed by atoms with Crippen molar-refractivity contribution in [2.24, 2.45) is 0 Å². The number of amides is 3. The first-order valence-corrected chi connectivity index (χ1v) is 9.14. The number of carbonyl (C=O) groups is 2. The number of hydrazine groups is 1. The van der Waals surface area contributed by atoms with Crippen LogP contribution in [-0.4, -0.2) is 31.1 Å². The molecule has 0 spiro atoms. The van der Waals surface area contributed by atoms with E-state index < -0.39 is 11.9 Å². The second-order valence-corrected chi connectivity index (χ2v) is 6.30. The van der Waals surface area contributed by atoms with Crippen LogP contribution in [0, 0.1) is 6.92 Å². The molecule has 0 aliphatic heterocycles. The number of methoxy groups -OCH3 is 2. The molecule has 0 fully saturated rings. The van der Waals surface area contributed by atoms with Crippen molar-refractivity contribution in [2.45, 2.75) is 6.92 Å². The topological polar surface area (TPSA) is 102 Å². The van der Waals surface area contributed by atoms with Gasteiger partial charge in [0.1, 0.15) is 0 Å². The second kappa shape index (κ2) is 9.42. The van der Waals surface area contributed by atoms with Crippen LogP contribution in [0.15, 0.2) is 60.7 Å². The number of para-hydroxylation sites is 1. The molecule has 8 nitrogen and oxygen atoms in total. The summed E-state index contributed by atoms with van der Waals surface area (Å²) in [6.07, 6.45) is 0. The predicted octanol–water partition coefficient (Wildman–Crippen LogP) is 3.54. The van der Waals surface area contributed by atoms with Gasteiger partial charge >= 0.3 is 6.03 Å². The van der Waals surface area contributed by atoms with E-state index in [9.17, 15) is 9.59 Å². The van der Waals surface area contributed by atoms with Crippen molar-refractivity contribution in [3.63, 3.8) is 0 Å². The highest BCUT2D eigenvalue weighted by atomic mass is 16.5. The lowest BCUT2D eigenvalue weighted by Crippen LogP contribution is -2.44. The largest absolute Gasteiger partial charge is 0.493 e. The molecule has 3 aromatic rings. The molecule has 0 unspecified atom stereocenters. The first-order chi connectivity index (χ1) is 14.5. The van der Waals surface area contributed by atoms with Gasteiger partial charge in [-0.2, -0.15) is 0 Å². The maximum absolute atomic E-state index is 12.4. The smallest absolute Gasteiger partial charge is 0.337 e. The number of nitrogens with one attached hydrogen (secondary N) is 3. The first-order valence-electron chi connectivity index (χ1n) is 9.14. The van der Waals surface area contributed by atoms with Crippen molar-refractivity contribution in [3.8, 4) is 22.8 Å². The summed E-state index contributed by atoms with van der Waals surface area (Å²) in [6, 6.07) is 17.2. The number of pyridine rings is 1. The summed E-state index contributed by atoms with van der Waals surface area (Å²) < 4.78 is 10.6. The van der Waals surface area contributed by atoms with Gasteiger partial charge in [0.05, 0.1) is 31.2 Å². The van der Waals surface area contributed by atoms with Gasteiger partial charge in [-0.3, -0.25) is 15.2 Å². The standard InChI is InChI=1S/C22H22N4O4/c1-14-17(21(27)25-26-22(28)24-16-7-5-4-6-8-16)10-11-18(23-14)15-9-12-19(29-2)20(13-15)30-3/h4-13H,1-3H3,(H,25,27)(H2,24,26,28). The summed E-state index contributed by atoms with van der Waals surface area (Å²) in [5, 5.41) is 2.61. The Kier molecular flexibility index (Phi) is 6.49. The van der Waals surface area contributed by atoms with Crippen LogP contribution in [-0.2, 0) is 0 Å². The molecule has 0 radical (unpaired) electrons. The van der Waals surface area contributed by atoms with Crippen LogP contribution in [0.25, 0.3) is 11.3 Å². The number of urea groups is 1. The Morgan fingerprint density at radius 1 is 0.867 bits per heavy atom. The number of aromatic nitrogens is 1. The van der Waals surface area contributed by atoms with Crippen LogP contribution in [0.3, 0.4) is 0 Å². The third-order valence-electron chi connectivity index (χ3n) is 4.33.